The van der Waals surface area contributed by atoms with Crippen molar-refractivity contribution in [3.05, 3.63) is 42.0 Å². The molecule has 0 aliphatic carbocycles. The molecule has 2 rings (SSSR count). The van der Waals surface area contributed by atoms with Crippen LogP contribution in [0, 0.1) is 5.82 Å². The van der Waals surface area contributed by atoms with Crippen molar-refractivity contribution in [1.82, 2.24) is 9.97 Å². The lowest BCUT2D eigenvalue weighted by Gasteiger charge is -2.07. The highest BCUT2D eigenvalue weighted by molar-refractivity contribution is 7.99. The molecule has 0 atom stereocenters. The second-order valence-corrected chi connectivity index (χ2v) is 5.05. The number of benzene rings is 1. The van der Waals surface area contributed by atoms with Crippen molar-refractivity contribution < 1.29 is 9.13 Å². The van der Waals surface area contributed by atoms with E-state index in [4.69, 9.17) is 4.74 Å². The van der Waals surface area contributed by atoms with E-state index >= 15 is 0 Å². The monoisotopic (exact) mass is 293 g/mol. The highest BCUT2D eigenvalue weighted by atomic mass is 32.2. The maximum Gasteiger partial charge on any atom is 0.157 e. The third-order valence-electron chi connectivity index (χ3n) is 2.46. The summed E-state index contributed by atoms with van der Waals surface area (Å²) >= 11 is 1.39. The predicted octanol–water partition coefficient (Wildman–Crippen LogP) is 3.35. The van der Waals surface area contributed by atoms with E-state index in [1.54, 1.807) is 13.1 Å². The van der Waals surface area contributed by atoms with Gasteiger partial charge in [0.2, 0.25) is 0 Å². The van der Waals surface area contributed by atoms with Gasteiger partial charge >= 0.3 is 0 Å². The zero-order valence-corrected chi connectivity index (χ0v) is 12.2. The SMILES string of the molecule is CCOCc1nc(NC)cc(Sc2cccc(F)c2)n1. The Labute approximate surface area is 121 Å². The molecule has 2 aromatic rings. The Balaban J connectivity index is 2.21. The van der Waals surface area contributed by atoms with E-state index in [0.717, 1.165) is 9.92 Å². The first-order valence-corrected chi connectivity index (χ1v) is 7.09. The second-order valence-electron chi connectivity index (χ2n) is 3.95. The largest absolute Gasteiger partial charge is 0.374 e. The topological polar surface area (TPSA) is 47.0 Å². The number of nitrogens with one attached hydrogen (secondary N) is 1. The van der Waals surface area contributed by atoms with Crippen molar-refractivity contribution in [1.29, 1.82) is 0 Å². The maximum absolute atomic E-state index is 13.2. The van der Waals surface area contributed by atoms with Gasteiger partial charge in [0, 0.05) is 24.6 Å². The van der Waals surface area contributed by atoms with E-state index in [1.165, 1.54) is 23.9 Å². The average Bonchev–Trinajstić information content (AvgIpc) is 2.45. The van der Waals surface area contributed by atoms with E-state index in [2.05, 4.69) is 15.3 Å². The molecule has 1 aromatic carbocycles. The van der Waals surface area contributed by atoms with E-state index < -0.39 is 0 Å². The van der Waals surface area contributed by atoms with Gasteiger partial charge in [0.05, 0.1) is 0 Å². The number of ether oxygens (including phenoxy) is 1. The molecule has 106 valence electrons. The van der Waals surface area contributed by atoms with Crippen LogP contribution in [0.5, 0.6) is 0 Å². The van der Waals surface area contributed by atoms with Gasteiger partial charge in [-0.25, -0.2) is 14.4 Å². The van der Waals surface area contributed by atoms with Crippen molar-refractivity contribution in [2.24, 2.45) is 0 Å². The molecule has 0 saturated carbocycles. The quantitative estimate of drug-likeness (QED) is 0.828. The van der Waals surface area contributed by atoms with E-state index in [1.807, 2.05) is 19.1 Å². The Hall–Kier alpha value is -1.66. The van der Waals surface area contributed by atoms with Crippen LogP contribution in [0.15, 0.2) is 40.3 Å². The Morgan fingerprint density at radius 3 is 2.85 bits per heavy atom. The van der Waals surface area contributed by atoms with Gasteiger partial charge in [-0.05, 0) is 25.1 Å². The predicted molar refractivity (Wildman–Crippen MR) is 77.4 cm³/mol. The van der Waals surface area contributed by atoms with Crippen molar-refractivity contribution in [2.75, 3.05) is 19.0 Å². The Bertz CT molecular complexity index is 580. The molecule has 0 saturated heterocycles. The molecule has 0 aliphatic heterocycles. The second kappa shape index (κ2) is 7.21. The number of rotatable bonds is 6. The maximum atomic E-state index is 13.2. The van der Waals surface area contributed by atoms with Gasteiger partial charge in [0.1, 0.15) is 23.3 Å². The summed E-state index contributed by atoms with van der Waals surface area (Å²) in [6.45, 7) is 2.90. The minimum absolute atomic E-state index is 0.257. The lowest BCUT2D eigenvalue weighted by atomic mass is 10.4. The van der Waals surface area contributed by atoms with Crippen molar-refractivity contribution in [2.45, 2.75) is 23.5 Å². The van der Waals surface area contributed by atoms with Crippen LogP contribution in [0.4, 0.5) is 10.2 Å². The highest BCUT2D eigenvalue weighted by Crippen LogP contribution is 2.27. The van der Waals surface area contributed by atoms with Gasteiger partial charge in [-0.15, -0.1) is 0 Å². The smallest absolute Gasteiger partial charge is 0.157 e. The number of nitrogens with zero attached hydrogens (tertiary/aromatic N) is 2. The van der Waals surface area contributed by atoms with Gasteiger partial charge in [0.25, 0.3) is 0 Å². The zero-order chi connectivity index (χ0) is 14.4. The summed E-state index contributed by atoms with van der Waals surface area (Å²) in [7, 11) is 1.80. The normalized spacial score (nSPS) is 10.6. The summed E-state index contributed by atoms with van der Waals surface area (Å²) in [5.41, 5.74) is 0. The van der Waals surface area contributed by atoms with E-state index in [0.29, 0.717) is 24.9 Å². The molecular weight excluding hydrogens is 277 g/mol. The fourth-order valence-corrected chi connectivity index (χ4v) is 2.44. The van der Waals surface area contributed by atoms with Crippen LogP contribution in [-0.4, -0.2) is 23.6 Å². The van der Waals surface area contributed by atoms with Crippen molar-refractivity contribution in [3.63, 3.8) is 0 Å². The van der Waals surface area contributed by atoms with Crippen LogP contribution in [0.1, 0.15) is 12.7 Å². The molecule has 20 heavy (non-hydrogen) atoms. The molecule has 0 fully saturated rings. The summed E-state index contributed by atoms with van der Waals surface area (Å²) in [6.07, 6.45) is 0. The number of halogens is 1. The molecule has 4 nitrogen and oxygen atoms in total. The molecule has 1 N–H and O–H groups in total. The first kappa shape index (κ1) is 14.7. The van der Waals surface area contributed by atoms with Crippen LogP contribution in [0.2, 0.25) is 0 Å². The molecule has 0 bridgehead atoms. The van der Waals surface area contributed by atoms with Crippen LogP contribution in [-0.2, 0) is 11.3 Å². The fraction of sp³-hybridized carbons (Fsp3) is 0.286. The first-order valence-electron chi connectivity index (χ1n) is 6.28. The summed E-state index contributed by atoms with van der Waals surface area (Å²) in [5, 5.41) is 3.74. The number of anilines is 1. The Morgan fingerprint density at radius 1 is 1.30 bits per heavy atom. The molecule has 1 aromatic heterocycles. The third-order valence-corrected chi connectivity index (χ3v) is 3.37. The van der Waals surface area contributed by atoms with Crippen LogP contribution < -0.4 is 5.32 Å². The van der Waals surface area contributed by atoms with Gasteiger partial charge in [-0.2, -0.15) is 0 Å². The summed E-state index contributed by atoms with van der Waals surface area (Å²) < 4.78 is 18.5. The van der Waals surface area contributed by atoms with Gasteiger partial charge in [-0.1, -0.05) is 17.8 Å². The van der Waals surface area contributed by atoms with E-state index in [9.17, 15) is 4.39 Å². The van der Waals surface area contributed by atoms with Crippen LogP contribution in [0.3, 0.4) is 0 Å². The highest BCUT2D eigenvalue weighted by Gasteiger charge is 2.06. The summed E-state index contributed by atoms with van der Waals surface area (Å²) in [5.74, 6) is 1.07. The minimum atomic E-state index is -0.257. The molecule has 0 aliphatic rings. The number of aromatic nitrogens is 2. The molecule has 0 spiro atoms. The van der Waals surface area contributed by atoms with E-state index in [-0.39, 0.29) is 5.82 Å². The summed E-state index contributed by atoms with van der Waals surface area (Å²) in [6, 6.07) is 8.25. The summed E-state index contributed by atoms with van der Waals surface area (Å²) in [4.78, 5) is 9.52. The van der Waals surface area contributed by atoms with Crippen molar-refractivity contribution in [3.8, 4) is 0 Å². The average molecular weight is 293 g/mol. The fourth-order valence-electron chi connectivity index (χ4n) is 1.56. The van der Waals surface area contributed by atoms with Crippen molar-refractivity contribution >= 4 is 17.6 Å². The molecule has 0 unspecified atom stereocenters. The lowest BCUT2D eigenvalue weighted by molar-refractivity contribution is 0.128. The lowest BCUT2D eigenvalue weighted by Crippen LogP contribution is -2.03. The molecule has 6 heteroatoms. The number of hydrogen-bond acceptors (Lipinski definition) is 5. The van der Waals surface area contributed by atoms with Gasteiger partial charge < -0.3 is 10.1 Å². The molecular formula is C14H16FN3OS. The molecule has 0 amide bonds. The first-order chi connectivity index (χ1) is 9.71. The third kappa shape index (κ3) is 4.18. The van der Waals surface area contributed by atoms with Crippen LogP contribution in [0.25, 0.3) is 0 Å². The van der Waals surface area contributed by atoms with Crippen LogP contribution >= 0.6 is 11.8 Å². The Kier molecular flexibility index (Phi) is 5.31. The number of hydrogen-bond donors (Lipinski definition) is 1. The molecule has 0 radical (unpaired) electrons. The Morgan fingerprint density at radius 2 is 2.15 bits per heavy atom. The standard InChI is InChI=1S/C14H16FN3OS/c1-3-19-9-13-17-12(16-2)8-14(18-13)20-11-6-4-5-10(15)7-11/h4-8H,3,9H2,1-2H3,(H,16,17,18). The molecule has 1 heterocycles. The van der Waals surface area contributed by atoms with Gasteiger partial charge in [-0.3, -0.25) is 0 Å². The minimum Gasteiger partial charge on any atom is -0.374 e. The van der Waals surface area contributed by atoms with Gasteiger partial charge in [0.15, 0.2) is 5.82 Å². The zero-order valence-electron chi connectivity index (χ0n) is 11.4.